The van der Waals surface area contributed by atoms with E-state index in [2.05, 4.69) is 5.32 Å². The molecule has 0 spiro atoms. The first-order valence-corrected chi connectivity index (χ1v) is 8.87. The number of nitrogens with zero attached hydrogens (tertiary/aromatic N) is 1. The predicted octanol–water partition coefficient (Wildman–Crippen LogP) is 1.04. The Labute approximate surface area is 126 Å². The van der Waals surface area contributed by atoms with Crippen LogP contribution in [0.3, 0.4) is 0 Å². The summed E-state index contributed by atoms with van der Waals surface area (Å²) in [7, 11) is -1.09. The summed E-state index contributed by atoms with van der Waals surface area (Å²) < 4.78 is 22.8. The quantitative estimate of drug-likeness (QED) is 0.902. The number of likely N-dealkylation sites (N-methyl/N-ethyl adjacent to an activating group) is 1. The monoisotopic (exact) mass is 310 g/mol. The minimum Gasteiger partial charge on any atom is -0.365 e. The summed E-state index contributed by atoms with van der Waals surface area (Å²) in [6.45, 7) is 4.24. The van der Waals surface area contributed by atoms with Crippen LogP contribution in [0.2, 0.25) is 0 Å². The number of hydrogen-bond donors (Lipinski definition) is 1. The van der Waals surface area contributed by atoms with E-state index in [1.807, 2.05) is 44.0 Å². The molecule has 0 aliphatic carbocycles. The van der Waals surface area contributed by atoms with Crippen molar-refractivity contribution in [3.8, 4) is 0 Å². The van der Waals surface area contributed by atoms with E-state index in [-0.39, 0.29) is 30.0 Å². The van der Waals surface area contributed by atoms with Gasteiger partial charge in [-0.15, -0.1) is 0 Å². The topological polar surface area (TPSA) is 66.5 Å². The minimum atomic E-state index is -2.96. The Bertz CT molecular complexity index is 640. The fourth-order valence-electron chi connectivity index (χ4n) is 2.61. The van der Waals surface area contributed by atoms with Gasteiger partial charge in [-0.3, -0.25) is 4.79 Å². The fraction of sp³-hybridized carbons (Fsp3) is 0.533. The van der Waals surface area contributed by atoms with Crippen molar-refractivity contribution in [2.75, 3.05) is 30.0 Å². The van der Waals surface area contributed by atoms with Gasteiger partial charge in [-0.1, -0.05) is 12.1 Å². The van der Waals surface area contributed by atoms with Crippen LogP contribution in [0.15, 0.2) is 18.2 Å². The second-order valence-electron chi connectivity index (χ2n) is 5.81. The Kier molecular flexibility index (Phi) is 4.56. The molecule has 0 saturated carbocycles. The minimum absolute atomic E-state index is 0.0614. The van der Waals surface area contributed by atoms with Crippen molar-refractivity contribution >= 4 is 21.4 Å². The van der Waals surface area contributed by atoms with Gasteiger partial charge < -0.3 is 10.2 Å². The van der Waals surface area contributed by atoms with Gasteiger partial charge in [0.15, 0.2) is 9.84 Å². The summed E-state index contributed by atoms with van der Waals surface area (Å²) in [5.41, 5.74) is 3.27. The van der Waals surface area contributed by atoms with E-state index in [1.54, 1.807) is 0 Å². The molecule has 5 nitrogen and oxygen atoms in total. The number of amides is 1. The summed E-state index contributed by atoms with van der Waals surface area (Å²) in [5, 5.41) is 2.81. The number of carbonyl (C=O) groups is 1. The largest absolute Gasteiger partial charge is 0.365 e. The van der Waals surface area contributed by atoms with Crippen LogP contribution in [0.25, 0.3) is 0 Å². The van der Waals surface area contributed by atoms with Gasteiger partial charge in [0.1, 0.15) is 0 Å². The van der Waals surface area contributed by atoms with Gasteiger partial charge in [-0.2, -0.15) is 0 Å². The zero-order valence-electron chi connectivity index (χ0n) is 12.7. The summed E-state index contributed by atoms with van der Waals surface area (Å²) >= 11 is 0. The number of sulfone groups is 1. The molecule has 1 amide bonds. The maximum Gasteiger partial charge on any atom is 0.239 e. The molecule has 1 aliphatic heterocycles. The van der Waals surface area contributed by atoms with Crippen LogP contribution in [-0.2, 0) is 14.6 Å². The number of benzene rings is 1. The van der Waals surface area contributed by atoms with Gasteiger partial charge in [0, 0.05) is 18.8 Å². The molecule has 1 saturated heterocycles. The molecule has 0 bridgehead atoms. The van der Waals surface area contributed by atoms with Crippen molar-refractivity contribution in [3.63, 3.8) is 0 Å². The molecule has 116 valence electrons. The van der Waals surface area contributed by atoms with Crippen LogP contribution >= 0.6 is 0 Å². The second kappa shape index (κ2) is 6.05. The third kappa shape index (κ3) is 4.20. The number of rotatable bonds is 4. The van der Waals surface area contributed by atoms with Crippen LogP contribution < -0.4 is 10.2 Å². The molecule has 6 heteroatoms. The smallest absolute Gasteiger partial charge is 0.239 e. The highest BCUT2D eigenvalue weighted by Crippen LogP contribution is 2.20. The summed E-state index contributed by atoms with van der Waals surface area (Å²) in [4.78, 5) is 13.9. The number of carbonyl (C=O) groups excluding carboxylic acids is 1. The van der Waals surface area contributed by atoms with E-state index in [9.17, 15) is 13.2 Å². The van der Waals surface area contributed by atoms with E-state index < -0.39 is 9.84 Å². The zero-order valence-corrected chi connectivity index (χ0v) is 13.5. The summed E-state index contributed by atoms with van der Waals surface area (Å²) in [5.74, 6) is 0.0944. The molecule has 21 heavy (non-hydrogen) atoms. The zero-order chi connectivity index (χ0) is 15.6. The van der Waals surface area contributed by atoms with Crippen LogP contribution in [0.4, 0.5) is 5.69 Å². The lowest BCUT2D eigenvalue weighted by Crippen LogP contribution is -2.41. The third-order valence-electron chi connectivity index (χ3n) is 3.75. The first kappa shape index (κ1) is 15.8. The number of hydrogen-bond acceptors (Lipinski definition) is 4. The molecule has 1 N–H and O–H groups in total. The average molecular weight is 310 g/mol. The Balaban J connectivity index is 1.95. The van der Waals surface area contributed by atoms with Crippen LogP contribution in [0.1, 0.15) is 17.5 Å². The Morgan fingerprint density at radius 1 is 1.38 bits per heavy atom. The molecule has 1 fully saturated rings. The SMILES string of the molecule is Cc1ccc(C)c(N(C)CC(=O)N[C@@H]2CCS(=O)(=O)C2)c1. The molecule has 0 aromatic heterocycles. The lowest BCUT2D eigenvalue weighted by Gasteiger charge is -2.22. The number of anilines is 1. The molecule has 0 unspecified atom stereocenters. The van der Waals surface area contributed by atoms with Crippen LogP contribution in [0.5, 0.6) is 0 Å². The van der Waals surface area contributed by atoms with Crippen molar-refractivity contribution in [1.82, 2.24) is 5.32 Å². The van der Waals surface area contributed by atoms with E-state index in [4.69, 9.17) is 0 Å². The van der Waals surface area contributed by atoms with Crippen LogP contribution in [0, 0.1) is 13.8 Å². The molecule has 1 atom stereocenters. The third-order valence-corrected chi connectivity index (χ3v) is 5.52. The van der Waals surface area contributed by atoms with Gasteiger partial charge in [0.05, 0.1) is 18.1 Å². The van der Waals surface area contributed by atoms with E-state index in [1.165, 1.54) is 0 Å². The Morgan fingerprint density at radius 3 is 2.71 bits per heavy atom. The van der Waals surface area contributed by atoms with Gasteiger partial charge >= 0.3 is 0 Å². The lowest BCUT2D eigenvalue weighted by atomic mass is 10.1. The van der Waals surface area contributed by atoms with Crippen molar-refractivity contribution in [1.29, 1.82) is 0 Å². The Morgan fingerprint density at radius 2 is 2.10 bits per heavy atom. The van der Waals surface area contributed by atoms with Gasteiger partial charge in [-0.25, -0.2) is 8.42 Å². The van der Waals surface area contributed by atoms with Crippen molar-refractivity contribution in [2.24, 2.45) is 0 Å². The first-order chi connectivity index (χ1) is 9.77. The van der Waals surface area contributed by atoms with Gasteiger partial charge in [-0.05, 0) is 37.5 Å². The average Bonchev–Trinajstić information content (AvgIpc) is 2.71. The molecule has 0 radical (unpaired) electrons. The highest BCUT2D eigenvalue weighted by atomic mass is 32.2. The highest BCUT2D eigenvalue weighted by molar-refractivity contribution is 7.91. The highest BCUT2D eigenvalue weighted by Gasteiger charge is 2.29. The van der Waals surface area contributed by atoms with E-state index in [0.717, 1.165) is 16.8 Å². The fourth-order valence-corrected chi connectivity index (χ4v) is 4.29. The molecular formula is C15H22N2O3S. The molecule has 1 aromatic carbocycles. The van der Waals surface area contributed by atoms with Gasteiger partial charge in [0.25, 0.3) is 0 Å². The normalized spacial score (nSPS) is 20.2. The van der Waals surface area contributed by atoms with Crippen molar-refractivity contribution in [3.05, 3.63) is 29.3 Å². The molecule has 1 aliphatic rings. The maximum absolute atomic E-state index is 12.0. The van der Waals surface area contributed by atoms with E-state index >= 15 is 0 Å². The van der Waals surface area contributed by atoms with Crippen molar-refractivity contribution in [2.45, 2.75) is 26.3 Å². The van der Waals surface area contributed by atoms with E-state index in [0.29, 0.717) is 6.42 Å². The Hall–Kier alpha value is -1.56. The summed E-state index contributed by atoms with van der Waals surface area (Å²) in [6, 6.07) is 5.87. The first-order valence-electron chi connectivity index (χ1n) is 7.05. The lowest BCUT2D eigenvalue weighted by molar-refractivity contribution is -0.120. The summed E-state index contributed by atoms with van der Waals surface area (Å²) in [6.07, 6.45) is 0.515. The van der Waals surface area contributed by atoms with Crippen molar-refractivity contribution < 1.29 is 13.2 Å². The second-order valence-corrected chi connectivity index (χ2v) is 8.04. The number of nitrogens with one attached hydrogen (secondary N) is 1. The molecule has 2 rings (SSSR count). The molecular weight excluding hydrogens is 288 g/mol. The standard InChI is InChI=1S/C15H22N2O3S/c1-11-4-5-12(2)14(8-11)17(3)9-15(18)16-13-6-7-21(19,20)10-13/h4-5,8,13H,6-7,9-10H2,1-3H3,(H,16,18)/t13-/m1/s1. The predicted molar refractivity (Wildman–Crippen MR) is 84.4 cm³/mol. The van der Waals surface area contributed by atoms with Crippen LogP contribution in [-0.4, -0.2) is 45.5 Å². The molecule has 1 aromatic rings. The van der Waals surface area contributed by atoms with Gasteiger partial charge in [0.2, 0.25) is 5.91 Å². The number of aryl methyl sites for hydroxylation is 2. The maximum atomic E-state index is 12.0. The molecule has 1 heterocycles.